The van der Waals surface area contributed by atoms with Crippen LogP contribution < -0.4 is 5.32 Å². The molecule has 19 heavy (non-hydrogen) atoms. The minimum absolute atomic E-state index is 0.516. The van der Waals surface area contributed by atoms with Crippen LogP contribution in [0.1, 0.15) is 33.1 Å². The topological polar surface area (TPSA) is 33.7 Å². The van der Waals surface area contributed by atoms with Gasteiger partial charge in [-0.05, 0) is 51.2 Å². The summed E-state index contributed by atoms with van der Waals surface area (Å²) in [7, 11) is 1.73. The molecule has 1 aliphatic rings. The van der Waals surface area contributed by atoms with Gasteiger partial charge in [0.05, 0.1) is 6.61 Å². The van der Waals surface area contributed by atoms with Gasteiger partial charge in [-0.2, -0.15) is 0 Å². The molecule has 112 valence electrons. The van der Waals surface area contributed by atoms with Gasteiger partial charge in [0.25, 0.3) is 0 Å². The molecule has 0 heterocycles. The molecule has 0 aromatic carbocycles. The molecular formula is C14H28N2O2S. The molecule has 1 atom stereocenters. The number of ether oxygens (including phenoxy) is 2. The molecule has 0 aromatic rings. The maximum Gasteiger partial charge on any atom is 0.169 e. The van der Waals surface area contributed by atoms with Crippen LogP contribution in [-0.4, -0.2) is 56.1 Å². The van der Waals surface area contributed by atoms with Gasteiger partial charge < -0.3 is 19.7 Å². The average Bonchev–Trinajstić information content (AvgIpc) is 3.23. The fourth-order valence-electron chi connectivity index (χ4n) is 2.13. The summed E-state index contributed by atoms with van der Waals surface area (Å²) in [6.45, 7) is 8.32. The van der Waals surface area contributed by atoms with Crippen molar-refractivity contribution in [2.24, 2.45) is 5.92 Å². The molecule has 5 heteroatoms. The summed E-state index contributed by atoms with van der Waals surface area (Å²) in [6.07, 6.45) is 3.65. The molecule has 0 spiro atoms. The normalized spacial score (nSPS) is 16.2. The van der Waals surface area contributed by atoms with Gasteiger partial charge in [0.2, 0.25) is 0 Å². The SMILES string of the molecule is CCOCCCNC(=S)N(CCOC)C(C)C1CC1. The predicted molar refractivity (Wildman–Crippen MR) is 82.5 cm³/mol. The second-order valence-electron chi connectivity index (χ2n) is 5.05. The lowest BCUT2D eigenvalue weighted by Gasteiger charge is -2.32. The van der Waals surface area contributed by atoms with Gasteiger partial charge in [-0.15, -0.1) is 0 Å². The third-order valence-corrected chi connectivity index (χ3v) is 3.92. The Morgan fingerprint density at radius 2 is 2.16 bits per heavy atom. The lowest BCUT2D eigenvalue weighted by Crippen LogP contribution is -2.47. The van der Waals surface area contributed by atoms with Crippen LogP contribution in [-0.2, 0) is 9.47 Å². The smallest absolute Gasteiger partial charge is 0.169 e. The number of thiocarbonyl (C=S) groups is 1. The van der Waals surface area contributed by atoms with E-state index < -0.39 is 0 Å². The summed E-state index contributed by atoms with van der Waals surface area (Å²) < 4.78 is 10.5. The molecule has 4 nitrogen and oxygen atoms in total. The lowest BCUT2D eigenvalue weighted by molar-refractivity contribution is 0.144. The van der Waals surface area contributed by atoms with Crippen LogP contribution in [0.2, 0.25) is 0 Å². The van der Waals surface area contributed by atoms with Crippen molar-refractivity contribution in [3.8, 4) is 0 Å². The van der Waals surface area contributed by atoms with Gasteiger partial charge in [0.15, 0.2) is 5.11 Å². The zero-order chi connectivity index (χ0) is 14.1. The van der Waals surface area contributed by atoms with Gasteiger partial charge in [-0.1, -0.05) is 0 Å². The minimum atomic E-state index is 0.516. The second kappa shape index (κ2) is 9.50. The first-order chi connectivity index (χ1) is 9.20. The highest BCUT2D eigenvalue weighted by molar-refractivity contribution is 7.80. The van der Waals surface area contributed by atoms with Crippen molar-refractivity contribution < 1.29 is 9.47 Å². The van der Waals surface area contributed by atoms with Crippen LogP contribution in [0, 0.1) is 5.92 Å². The summed E-state index contributed by atoms with van der Waals surface area (Å²) in [5, 5.41) is 4.19. The highest BCUT2D eigenvalue weighted by Crippen LogP contribution is 2.35. The van der Waals surface area contributed by atoms with E-state index in [9.17, 15) is 0 Å². The molecule has 0 saturated heterocycles. The monoisotopic (exact) mass is 288 g/mol. The molecule has 1 rings (SSSR count). The molecule has 1 fully saturated rings. The van der Waals surface area contributed by atoms with Crippen molar-refractivity contribution in [2.75, 3.05) is 40.0 Å². The van der Waals surface area contributed by atoms with Gasteiger partial charge in [0.1, 0.15) is 0 Å². The van der Waals surface area contributed by atoms with E-state index in [2.05, 4.69) is 17.1 Å². The van der Waals surface area contributed by atoms with E-state index in [0.29, 0.717) is 6.04 Å². The third kappa shape index (κ3) is 6.54. The van der Waals surface area contributed by atoms with E-state index in [4.69, 9.17) is 21.7 Å². The Bertz CT molecular complexity index is 260. The molecule has 1 saturated carbocycles. The summed E-state index contributed by atoms with van der Waals surface area (Å²) >= 11 is 5.51. The van der Waals surface area contributed by atoms with E-state index >= 15 is 0 Å². The number of nitrogens with one attached hydrogen (secondary N) is 1. The molecule has 0 radical (unpaired) electrons. The Balaban J connectivity index is 2.29. The quantitative estimate of drug-likeness (QED) is 0.491. The Morgan fingerprint density at radius 1 is 1.42 bits per heavy atom. The van der Waals surface area contributed by atoms with Crippen LogP contribution in [0.25, 0.3) is 0 Å². The third-order valence-electron chi connectivity index (χ3n) is 3.54. The van der Waals surface area contributed by atoms with E-state index in [1.807, 2.05) is 6.92 Å². The van der Waals surface area contributed by atoms with Crippen LogP contribution in [0.3, 0.4) is 0 Å². The van der Waals surface area contributed by atoms with Gasteiger partial charge in [0, 0.05) is 39.5 Å². The maximum absolute atomic E-state index is 5.51. The predicted octanol–water partition coefficient (Wildman–Crippen LogP) is 2.03. The number of rotatable bonds is 10. The van der Waals surface area contributed by atoms with Gasteiger partial charge >= 0.3 is 0 Å². The maximum atomic E-state index is 5.51. The van der Waals surface area contributed by atoms with Crippen LogP contribution in [0.4, 0.5) is 0 Å². The molecule has 1 unspecified atom stereocenters. The molecular weight excluding hydrogens is 260 g/mol. The first-order valence-electron chi connectivity index (χ1n) is 7.31. The fraction of sp³-hybridized carbons (Fsp3) is 0.929. The first-order valence-corrected chi connectivity index (χ1v) is 7.72. The van der Waals surface area contributed by atoms with Crippen molar-refractivity contribution in [1.29, 1.82) is 0 Å². The molecule has 1 N–H and O–H groups in total. The van der Waals surface area contributed by atoms with E-state index in [1.54, 1.807) is 7.11 Å². The van der Waals surface area contributed by atoms with Crippen molar-refractivity contribution in [1.82, 2.24) is 10.2 Å². The van der Waals surface area contributed by atoms with Crippen molar-refractivity contribution in [3.63, 3.8) is 0 Å². The Hall–Kier alpha value is -0.390. The second-order valence-corrected chi connectivity index (χ2v) is 5.43. The minimum Gasteiger partial charge on any atom is -0.383 e. The number of hydrogen-bond acceptors (Lipinski definition) is 3. The van der Waals surface area contributed by atoms with Gasteiger partial charge in [-0.25, -0.2) is 0 Å². The molecule has 0 amide bonds. The average molecular weight is 288 g/mol. The first kappa shape index (κ1) is 16.7. The Labute approximate surface area is 122 Å². The largest absolute Gasteiger partial charge is 0.383 e. The summed E-state index contributed by atoms with van der Waals surface area (Å²) in [6, 6.07) is 0.516. The van der Waals surface area contributed by atoms with Crippen molar-refractivity contribution in [3.05, 3.63) is 0 Å². The number of methoxy groups -OCH3 is 1. The van der Waals surface area contributed by atoms with Gasteiger partial charge in [-0.3, -0.25) is 0 Å². The highest BCUT2D eigenvalue weighted by atomic mass is 32.1. The molecule has 1 aliphatic carbocycles. The molecule has 0 aromatic heterocycles. The van der Waals surface area contributed by atoms with E-state index in [0.717, 1.165) is 50.4 Å². The molecule has 0 aliphatic heterocycles. The summed E-state index contributed by atoms with van der Waals surface area (Å²) in [5.41, 5.74) is 0. The fourth-order valence-corrected chi connectivity index (χ4v) is 2.49. The Morgan fingerprint density at radius 3 is 2.74 bits per heavy atom. The summed E-state index contributed by atoms with van der Waals surface area (Å²) in [4.78, 5) is 2.27. The van der Waals surface area contributed by atoms with Crippen molar-refractivity contribution >= 4 is 17.3 Å². The van der Waals surface area contributed by atoms with Crippen LogP contribution >= 0.6 is 12.2 Å². The van der Waals surface area contributed by atoms with Crippen molar-refractivity contribution in [2.45, 2.75) is 39.2 Å². The van der Waals surface area contributed by atoms with E-state index in [-0.39, 0.29) is 0 Å². The highest BCUT2D eigenvalue weighted by Gasteiger charge is 2.32. The lowest BCUT2D eigenvalue weighted by atomic mass is 10.2. The molecule has 0 bridgehead atoms. The summed E-state index contributed by atoms with van der Waals surface area (Å²) in [5.74, 6) is 0.806. The van der Waals surface area contributed by atoms with Crippen LogP contribution in [0.5, 0.6) is 0 Å². The number of nitrogens with zero attached hydrogens (tertiary/aromatic N) is 1. The Kier molecular flexibility index (Phi) is 8.34. The van der Waals surface area contributed by atoms with Crippen LogP contribution in [0.15, 0.2) is 0 Å². The zero-order valence-corrected chi connectivity index (χ0v) is 13.3. The number of hydrogen-bond donors (Lipinski definition) is 1. The van der Waals surface area contributed by atoms with E-state index in [1.165, 1.54) is 12.8 Å². The zero-order valence-electron chi connectivity index (χ0n) is 12.5. The standard InChI is InChI=1S/C14H28N2O2S/c1-4-18-10-5-8-15-14(19)16(9-11-17-3)12(2)13-6-7-13/h12-13H,4-11H2,1-3H3,(H,15,19).